The summed E-state index contributed by atoms with van der Waals surface area (Å²) in [6.45, 7) is 4.11. The van der Waals surface area contributed by atoms with Crippen LogP contribution in [0.4, 0.5) is 15.8 Å². The molecule has 0 bridgehead atoms. The van der Waals surface area contributed by atoms with Gasteiger partial charge in [0.25, 0.3) is 0 Å². The minimum Gasteiger partial charge on any atom is -0.383 e. The van der Waals surface area contributed by atoms with Crippen molar-refractivity contribution in [1.82, 2.24) is 0 Å². The zero-order chi connectivity index (χ0) is 11.0. The lowest BCUT2D eigenvalue weighted by Crippen LogP contribution is -2.22. The highest BCUT2D eigenvalue weighted by Crippen LogP contribution is 2.28. The van der Waals surface area contributed by atoms with Crippen LogP contribution in [0.15, 0.2) is 12.1 Å². The van der Waals surface area contributed by atoms with E-state index < -0.39 is 0 Å². The molecule has 1 aliphatic rings. The van der Waals surface area contributed by atoms with E-state index in [9.17, 15) is 9.18 Å². The van der Waals surface area contributed by atoms with Gasteiger partial charge in [0, 0.05) is 6.54 Å². The number of nitrogens with one attached hydrogen (secondary N) is 2. The number of anilines is 2. The van der Waals surface area contributed by atoms with Gasteiger partial charge < -0.3 is 10.6 Å². The van der Waals surface area contributed by atoms with Crippen molar-refractivity contribution in [2.24, 2.45) is 5.92 Å². The van der Waals surface area contributed by atoms with Gasteiger partial charge >= 0.3 is 0 Å². The summed E-state index contributed by atoms with van der Waals surface area (Å²) in [6.07, 6.45) is 0. The van der Waals surface area contributed by atoms with Crippen molar-refractivity contribution >= 4 is 17.3 Å². The molecular formula is C11H13FN2O. The van der Waals surface area contributed by atoms with Gasteiger partial charge in [-0.1, -0.05) is 6.92 Å². The topological polar surface area (TPSA) is 41.1 Å². The van der Waals surface area contributed by atoms with E-state index in [1.807, 2.05) is 6.92 Å². The lowest BCUT2D eigenvalue weighted by molar-refractivity contribution is -0.118. The average molecular weight is 208 g/mol. The van der Waals surface area contributed by atoms with Crippen LogP contribution in [0.25, 0.3) is 0 Å². The Morgan fingerprint density at radius 3 is 2.87 bits per heavy atom. The van der Waals surface area contributed by atoms with Crippen LogP contribution in [0, 0.1) is 18.7 Å². The second-order valence-electron chi connectivity index (χ2n) is 3.92. The van der Waals surface area contributed by atoms with E-state index in [4.69, 9.17) is 0 Å². The molecule has 2 N–H and O–H groups in total. The number of amides is 1. The highest BCUT2D eigenvalue weighted by molar-refractivity contribution is 5.97. The molecule has 0 fully saturated rings. The molecule has 15 heavy (non-hydrogen) atoms. The van der Waals surface area contributed by atoms with E-state index in [1.54, 1.807) is 13.0 Å². The van der Waals surface area contributed by atoms with Crippen LogP contribution < -0.4 is 10.6 Å². The highest BCUT2D eigenvalue weighted by atomic mass is 19.1. The Labute approximate surface area is 87.7 Å². The van der Waals surface area contributed by atoms with Gasteiger partial charge in [0.05, 0.1) is 17.3 Å². The summed E-state index contributed by atoms with van der Waals surface area (Å²) in [5.41, 5.74) is 1.88. The van der Waals surface area contributed by atoms with E-state index in [0.717, 1.165) is 5.69 Å². The fourth-order valence-electron chi connectivity index (χ4n) is 1.54. The second-order valence-corrected chi connectivity index (χ2v) is 3.92. The summed E-state index contributed by atoms with van der Waals surface area (Å²) in [7, 11) is 0. The fraction of sp³-hybridized carbons (Fsp3) is 0.364. The maximum absolute atomic E-state index is 13.3. The van der Waals surface area contributed by atoms with Crippen LogP contribution in [-0.2, 0) is 4.79 Å². The Kier molecular flexibility index (Phi) is 2.34. The molecule has 1 aromatic rings. The first-order valence-electron chi connectivity index (χ1n) is 4.93. The SMILES string of the molecule is Cc1cc2c(cc1F)NC(=O)C(C)CN2. The zero-order valence-corrected chi connectivity index (χ0v) is 8.73. The number of fused-ring (bicyclic) bond motifs is 1. The molecule has 0 saturated heterocycles. The first-order valence-corrected chi connectivity index (χ1v) is 4.93. The summed E-state index contributed by atoms with van der Waals surface area (Å²) in [5, 5.41) is 5.82. The van der Waals surface area contributed by atoms with Gasteiger partial charge in [0.15, 0.2) is 0 Å². The quantitative estimate of drug-likeness (QED) is 0.685. The predicted octanol–water partition coefficient (Wildman–Crippen LogP) is 2.13. The molecule has 0 saturated carbocycles. The number of carbonyl (C=O) groups excluding carboxylic acids is 1. The third-order valence-corrected chi connectivity index (χ3v) is 2.60. The van der Waals surface area contributed by atoms with Crippen LogP contribution in [0.3, 0.4) is 0 Å². The van der Waals surface area contributed by atoms with Gasteiger partial charge in [0.2, 0.25) is 5.91 Å². The minimum absolute atomic E-state index is 0.0792. The first kappa shape index (κ1) is 9.96. The molecule has 0 radical (unpaired) electrons. The summed E-state index contributed by atoms with van der Waals surface area (Å²) >= 11 is 0. The molecule has 0 aromatic heterocycles. The number of hydrogen-bond acceptors (Lipinski definition) is 2. The molecule has 1 aromatic carbocycles. The fourth-order valence-corrected chi connectivity index (χ4v) is 1.54. The summed E-state index contributed by atoms with van der Waals surface area (Å²) in [6, 6.07) is 3.07. The first-order chi connectivity index (χ1) is 7.08. The Morgan fingerprint density at radius 2 is 2.13 bits per heavy atom. The normalized spacial score (nSPS) is 19.9. The van der Waals surface area contributed by atoms with Crippen molar-refractivity contribution in [2.45, 2.75) is 13.8 Å². The number of aryl methyl sites for hydroxylation is 1. The Bertz CT molecular complexity index is 417. The van der Waals surface area contributed by atoms with Crippen molar-refractivity contribution in [3.05, 3.63) is 23.5 Å². The third kappa shape index (κ3) is 1.79. The molecule has 0 spiro atoms. The standard InChI is InChI=1S/C11H13FN2O/c1-6-3-9-10(4-8(6)12)14-11(15)7(2)5-13-9/h3-4,7,13H,5H2,1-2H3,(H,14,15). The number of rotatable bonds is 0. The van der Waals surface area contributed by atoms with Gasteiger partial charge in [-0.3, -0.25) is 4.79 Å². The van der Waals surface area contributed by atoms with Gasteiger partial charge in [-0.05, 0) is 24.6 Å². The van der Waals surface area contributed by atoms with Crippen molar-refractivity contribution in [1.29, 1.82) is 0 Å². The smallest absolute Gasteiger partial charge is 0.229 e. The second kappa shape index (κ2) is 3.53. The van der Waals surface area contributed by atoms with Crippen molar-refractivity contribution in [3.8, 4) is 0 Å². The van der Waals surface area contributed by atoms with Crippen molar-refractivity contribution < 1.29 is 9.18 Å². The predicted molar refractivity (Wildman–Crippen MR) is 57.4 cm³/mol. The Morgan fingerprint density at radius 1 is 1.40 bits per heavy atom. The largest absolute Gasteiger partial charge is 0.383 e. The molecule has 80 valence electrons. The van der Waals surface area contributed by atoms with Crippen LogP contribution >= 0.6 is 0 Å². The molecule has 1 heterocycles. The van der Waals surface area contributed by atoms with Gasteiger partial charge in [-0.25, -0.2) is 4.39 Å². The molecule has 2 rings (SSSR count). The number of benzene rings is 1. The average Bonchev–Trinajstić information content (AvgIpc) is 2.31. The lowest BCUT2D eigenvalue weighted by Gasteiger charge is -2.08. The van der Waals surface area contributed by atoms with E-state index in [2.05, 4.69) is 10.6 Å². The number of carbonyl (C=O) groups is 1. The summed E-state index contributed by atoms with van der Waals surface area (Å²) in [5.74, 6) is -0.490. The zero-order valence-electron chi connectivity index (χ0n) is 8.73. The maximum Gasteiger partial charge on any atom is 0.229 e. The van der Waals surface area contributed by atoms with E-state index in [1.165, 1.54) is 6.07 Å². The van der Waals surface area contributed by atoms with Crippen LogP contribution in [0.1, 0.15) is 12.5 Å². The highest BCUT2D eigenvalue weighted by Gasteiger charge is 2.19. The number of hydrogen-bond donors (Lipinski definition) is 2. The summed E-state index contributed by atoms with van der Waals surface area (Å²) < 4.78 is 13.3. The Balaban J connectivity index is 2.43. The monoisotopic (exact) mass is 208 g/mol. The van der Waals surface area contributed by atoms with Gasteiger partial charge in [0.1, 0.15) is 5.82 Å². The molecule has 1 unspecified atom stereocenters. The summed E-state index contributed by atoms with van der Waals surface area (Å²) in [4.78, 5) is 11.5. The molecule has 4 heteroatoms. The molecule has 1 atom stereocenters. The van der Waals surface area contributed by atoms with Crippen LogP contribution in [-0.4, -0.2) is 12.5 Å². The van der Waals surface area contributed by atoms with E-state index in [-0.39, 0.29) is 17.6 Å². The van der Waals surface area contributed by atoms with Crippen molar-refractivity contribution in [3.63, 3.8) is 0 Å². The van der Waals surface area contributed by atoms with Crippen LogP contribution in [0.2, 0.25) is 0 Å². The number of halogens is 1. The van der Waals surface area contributed by atoms with Crippen LogP contribution in [0.5, 0.6) is 0 Å². The van der Waals surface area contributed by atoms with E-state index in [0.29, 0.717) is 17.8 Å². The van der Waals surface area contributed by atoms with Gasteiger partial charge in [-0.2, -0.15) is 0 Å². The molecule has 1 aliphatic heterocycles. The molecule has 0 aliphatic carbocycles. The minimum atomic E-state index is -0.301. The molecular weight excluding hydrogens is 195 g/mol. The van der Waals surface area contributed by atoms with Crippen molar-refractivity contribution in [2.75, 3.05) is 17.2 Å². The molecule has 1 amide bonds. The van der Waals surface area contributed by atoms with E-state index >= 15 is 0 Å². The van der Waals surface area contributed by atoms with Gasteiger partial charge in [-0.15, -0.1) is 0 Å². The Hall–Kier alpha value is -1.58. The maximum atomic E-state index is 13.3. The third-order valence-electron chi connectivity index (χ3n) is 2.60. The molecule has 3 nitrogen and oxygen atoms in total. The lowest BCUT2D eigenvalue weighted by atomic mass is 10.2.